The van der Waals surface area contributed by atoms with Gasteiger partial charge in [-0.25, -0.2) is 13.6 Å². The fourth-order valence-corrected chi connectivity index (χ4v) is 1.42. The normalized spacial score (nSPS) is 10.3. The second-order valence-corrected chi connectivity index (χ2v) is 3.25. The van der Waals surface area contributed by atoms with E-state index in [1.54, 1.807) is 0 Å². The summed E-state index contributed by atoms with van der Waals surface area (Å²) in [5.41, 5.74) is -0.303. The molecule has 3 nitrogen and oxygen atoms in total. The number of furan rings is 1. The molecular formula is C12H8F2O3. The smallest absolute Gasteiger partial charge is 0.373 e. The van der Waals surface area contributed by atoms with Gasteiger partial charge in [-0.15, -0.1) is 0 Å². The molecule has 0 bridgehead atoms. The van der Waals surface area contributed by atoms with Crippen molar-refractivity contribution >= 4 is 5.97 Å². The summed E-state index contributed by atoms with van der Waals surface area (Å²) >= 11 is 0. The lowest BCUT2D eigenvalue weighted by molar-refractivity contribution is 0.0566. The van der Waals surface area contributed by atoms with Gasteiger partial charge in [-0.1, -0.05) is 6.07 Å². The molecule has 0 amide bonds. The van der Waals surface area contributed by atoms with Gasteiger partial charge in [0.2, 0.25) is 5.76 Å². The molecule has 2 rings (SSSR count). The number of ether oxygens (including phenoxy) is 1. The van der Waals surface area contributed by atoms with Crippen molar-refractivity contribution in [2.45, 2.75) is 0 Å². The molecule has 2 aromatic rings. The molecular weight excluding hydrogens is 230 g/mol. The lowest BCUT2D eigenvalue weighted by Crippen LogP contribution is -1.98. The van der Waals surface area contributed by atoms with Gasteiger partial charge < -0.3 is 9.15 Å². The van der Waals surface area contributed by atoms with Gasteiger partial charge in [0.05, 0.1) is 12.7 Å². The highest BCUT2D eigenvalue weighted by atomic mass is 19.1. The molecule has 1 aromatic carbocycles. The van der Waals surface area contributed by atoms with Gasteiger partial charge in [-0.2, -0.15) is 0 Å². The van der Waals surface area contributed by atoms with Crippen molar-refractivity contribution in [3.63, 3.8) is 0 Å². The Morgan fingerprint density at radius 1 is 1.18 bits per heavy atom. The van der Waals surface area contributed by atoms with Crippen molar-refractivity contribution in [2.75, 3.05) is 7.11 Å². The van der Waals surface area contributed by atoms with Gasteiger partial charge in [0, 0.05) is 0 Å². The molecule has 0 fully saturated rings. The number of benzene rings is 1. The minimum atomic E-state index is -0.754. The molecule has 0 aliphatic heterocycles. The molecule has 88 valence electrons. The summed E-state index contributed by atoms with van der Waals surface area (Å²) in [6.07, 6.45) is 0. The van der Waals surface area contributed by atoms with Crippen LogP contribution in [0.15, 0.2) is 34.7 Å². The maximum Gasteiger partial charge on any atom is 0.373 e. The summed E-state index contributed by atoms with van der Waals surface area (Å²) in [4.78, 5) is 11.1. The number of methoxy groups -OCH3 is 1. The van der Waals surface area contributed by atoms with E-state index >= 15 is 0 Å². The first-order chi connectivity index (χ1) is 8.13. The molecule has 5 heteroatoms. The van der Waals surface area contributed by atoms with Gasteiger partial charge >= 0.3 is 5.97 Å². The number of halogens is 2. The number of rotatable bonds is 2. The van der Waals surface area contributed by atoms with E-state index in [-0.39, 0.29) is 17.1 Å². The third kappa shape index (κ3) is 2.04. The molecule has 0 unspecified atom stereocenters. The summed E-state index contributed by atoms with van der Waals surface area (Å²) in [6, 6.07) is 6.08. The zero-order valence-electron chi connectivity index (χ0n) is 8.87. The first kappa shape index (κ1) is 11.3. The number of hydrogen-bond donors (Lipinski definition) is 0. The SMILES string of the molecule is COC(=O)c1ccc(-c2c(F)cccc2F)o1. The van der Waals surface area contributed by atoms with Crippen molar-refractivity contribution in [2.24, 2.45) is 0 Å². The predicted molar refractivity (Wildman–Crippen MR) is 55.4 cm³/mol. The summed E-state index contributed by atoms with van der Waals surface area (Å²) in [5, 5.41) is 0. The van der Waals surface area contributed by atoms with Crippen LogP contribution in [0.3, 0.4) is 0 Å². The van der Waals surface area contributed by atoms with Crippen molar-refractivity contribution in [3.05, 3.63) is 47.7 Å². The minimum Gasteiger partial charge on any atom is -0.463 e. The first-order valence-corrected chi connectivity index (χ1v) is 4.76. The number of carbonyl (C=O) groups excluding carboxylic acids is 1. The second-order valence-electron chi connectivity index (χ2n) is 3.25. The zero-order valence-corrected chi connectivity index (χ0v) is 8.87. The second kappa shape index (κ2) is 4.37. The van der Waals surface area contributed by atoms with Crippen molar-refractivity contribution in [1.82, 2.24) is 0 Å². The number of carbonyl (C=O) groups is 1. The van der Waals surface area contributed by atoms with Gasteiger partial charge in [-0.3, -0.25) is 0 Å². The van der Waals surface area contributed by atoms with E-state index in [9.17, 15) is 13.6 Å². The monoisotopic (exact) mass is 238 g/mol. The maximum absolute atomic E-state index is 13.4. The summed E-state index contributed by atoms with van der Waals surface area (Å²) in [7, 11) is 1.19. The largest absolute Gasteiger partial charge is 0.463 e. The van der Waals surface area contributed by atoms with E-state index in [1.165, 1.54) is 25.3 Å². The van der Waals surface area contributed by atoms with Crippen LogP contribution in [-0.4, -0.2) is 13.1 Å². The third-order valence-corrected chi connectivity index (χ3v) is 2.20. The van der Waals surface area contributed by atoms with E-state index in [0.717, 1.165) is 12.1 Å². The average molecular weight is 238 g/mol. The molecule has 1 heterocycles. The fourth-order valence-electron chi connectivity index (χ4n) is 1.42. The Bertz CT molecular complexity index is 540. The summed E-state index contributed by atoms with van der Waals surface area (Å²) in [5.74, 6) is -2.37. The zero-order chi connectivity index (χ0) is 12.4. The molecule has 0 saturated carbocycles. The summed E-state index contributed by atoms with van der Waals surface area (Å²) < 4.78 is 36.3. The van der Waals surface area contributed by atoms with Crippen LogP contribution in [0.2, 0.25) is 0 Å². The predicted octanol–water partition coefficient (Wildman–Crippen LogP) is 3.01. The molecule has 0 spiro atoms. The maximum atomic E-state index is 13.4. The van der Waals surface area contributed by atoms with Gasteiger partial charge in [0.15, 0.2) is 0 Å². The van der Waals surface area contributed by atoms with Gasteiger partial charge in [0.25, 0.3) is 0 Å². The van der Waals surface area contributed by atoms with Gasteiger partial charge in [0.1, 0.15) is 17.4 Å². The Balaban J connectivity index is 2.47. The lowest BCUT2D eigenvalue weighted by atomic mass is 10.1. The Labute approximate surface area is 95.6 Å². The highest BCUT2D eigenvalue weighted by Crippen LogP contribution is 2.27. The molecule has 1 aromatic heterocycles. The van der Waals surface area contributed by atoms with E-state index in [2.05, 4.69) is 4.74 Å². The Kier molecular flexibility index (Phi) is 2.91. The number of hydrogen-bond acceptors (Lipinski definition) is 3. The van der Waals surface area contributed by atoms with Crippen LogP contribution in [0, 0.1) is 11.6 Å². The van der Waals surface area contributed by atoms with Crippen LogP contribution in [0.25, 0.3) is 11.3 Å². The Hall–Kier alpha value is -2.17. The molecule has 0 radical (unpaired) electrons. The van der Waals surface area contributed by atoms with Crippen LogP contribution in [-0.2, 0) is 4.74 Å². The van der Waals surface area contributed by atoms with E-state index in [1.807, 2.05) is 0 Å². The quantitative estimate of drug-likeness (QED) is 0.755. The Morgan fingerprint density at radius 3 is 2.41 bits per heavy atom. The van der Waals surface area contributed by atoms with Crippen molar-refractivity contribution in [1.29, 1.82) is 0 Å². The highest BCUT2D eigenvalue weighted by molar-refractivity contribution is 5.87. The molecule has 0 N–H and O–H groups in total. The van der Waals surface area contributed by atoms with Crippen LogP contribution < -0.4 is 0 Å². The standard InChI is InChI=1S/C12H8F2O3/c1-16-12(15)10-6-5-9(17-10)11-7(13)3-2-4-8(11)14/h2-6H,1H3. The Morgan fingerprint density at radius 2 is 1.82 bits per heavy atom. The van der Waals surface area contributed by atoms with Crippen LogP contribution in [0.4, 0.5) is 8.78 Å². The van der Waals surface area contributed by atoms with Crippen molar-refractivity contribution < 1.29 is 22.7 Å². The van der Waals surface area contributed by atoms with E-state index < -0.39 is 17.6 Å². The number of esters is 1. The third-order valence-electron chi connectivity index (χ3n) is 2.20. The van der Waals surface area contributed by atoms with Crippen LogP contribution >= 0.6 is 0 Å². The molecule has 0 aliphatic rings. The minimum absolute atomic E-state index is 0.0546. The van der Waals surface area contributed by atoms with Crippen LogP contribution in [0.5, 0.6) is 0 Å². The molecule has 0 atom stereocenters. The fraction of sp³-hybridized carbons (Fsp3) is 0.0833. The van der Waals surface area contributed by atoms with E-state index in [0.29, 0.717) is 0 Å². The highest BCUT2D eigenvalue weighted by Gasteiger charge is 2.17. The van der Waals surface area contributed by atoms with Crippen molar-refractivity contribution in [3.8, 4) is 11.3 Å². The summed E-state index contributed by atoms with van der Waals surface area (Å²) in [6.45, 7) is 0. The molecule has 0 aliphatic carbocycles. The average Bonchev–Trinajstić information content (AvgIpc) is 2.77. The topological polar surface area (TPSA) is 39.4 Å². The first-order valence-electron chi connectivity index (χ1n) is 4.76. The molecule has 17 heavy (non-hydrogen) atoms. The van der Waals surface area contributed by atoms with Gasteiger partial charge in [-0.05, 0) is 24.3 Å². The van der Waals surface area contributed by atoms with E-state index in [4.69, 9.17) is 4.42 Å². The lowest BCUT2D eigenvalue weighted by Gasteiger charge is -2.00. The molecule has 0 saturated heterocycles. The van der Waals surface area contributed by atoms with Crippen LogP contribution in [0.1, 0.15) is 10.6 Å².